The predicted molar refractivity (Wildman–Crippen MR) is 55.9 cm³/mol. The highest BCUT2D eigenvalue weighted by Gasteiger charge is 2.22. The van der Waals surface area contributed by atoms with E-state index in [-0.39, 0.29) is 17.7 Å². The van der Waals surface area contributed by atoms with Gasteiger partial charge in [-0.3, -0.25) is 0 Å². The van der Waals surface area contributed by atoms with Crippen molar-refractivity contribution in [2.45, 2.75) is 19.4 Å². The zero-order valence-corrected chi connectivity index (χ0v) is 8.63. The Bertz CT molecular complexity index is 379. The molecule has 0 amide bonds. The number of nitrogens with two attached hydrogens (primary N) is 1. The highest BCUT2D eigenvalue weighted by molar-refractivity contribution is 5.50. The molecule has 1 aliphatic heterocycles. The van der Waals surface area contributed by atoms with E-state index in [1.165, 1.54) is 12.1 Å². The van der Waals surface area contributed by atoms with Crippen molar-refractivity contribution < 1.29 is 8.78 Å². The van der Waals surface area contributed by atoms with E-state index in [0.717, 1.165) is 6.42 Å². The van der Waals surface area contributed by atoms with E-state index in [2.05, 4.69) is 0 Å². The van der Waals surface area contributed by atoms with Crippen LogP contribution in [0, 0.1) is 18.6 Å². The van der Waals surface area contributed by atoms with Crippen molar-refractivity contribution >= 4 is 5.69 Å². The summed E-state index contributed by atoms with van der Waals surface area (Å²) in [5, 5.41) is 0. The molecule has 1 fully saturated rings. The van der Waals surface area contributed by atoms with Crippen LogP contribution in [0.3, 0.4) is 0 Å². The summed E-state index contributed by atoms with van der Waals surface area (Å²) < 4.78 is 26.8. The van der Waals surface area contributed by atoms with E-state index in [1.54, 1.807) is 11.8 Å². The number of hydrogen-bond acceptors (Lipinski definition) is 2. The monoisotopic (exact) mass is 212 g/mol. The number of aryl methyl sites for hydroxylation is 1. The molecule has 1 aliphatic rings. The van der Waals surface area contributed by atoms with Gasteiger partial charge >= 0.3 is 0 Å². The Balaban J connectivity index is 2.32. The van der Waals surface area contributed by atoms with E-state index in [9.17, 15) is 8.78 Å². The van der Waals surface area contributed by atoms with Crippen LogP contribution in [0.5, 0.6) is 0 Å². The van der Waals surface area contributed by atoms with Gasteiger partial charge in [-0.15, -0.1) is 0 Å². The molecule has 2 nitrogen and oxygen atoms in total. The number of rotatable bonds is 1. The van der Waals surface area contributed by atoms with Crippen LogP contribution in [-0.2, 0) is 0 Å². The van der Waals surface area contributed by atoms with Gasteiger partial charge in [0.05, 0.1) is 5.69 Å². The lowest BCUT2D eigenvalue weighted by Crippen LogP contribution is -2.27. The van der Waals surface area contributed by atoms with Gasteiger partial charge in [0.25, 0.3) is 0 Å². The molecule has 1 aromatic carbocycles. The van der Waals surface area contributed by atoms with Crippen LogP contribution in [0.4, 0.5) is 14.5 Å². The van der Waals surface area contributed by atoms with E-state index in [4.69, 9.17) is 5.73 Å². The van der Waals surface area contributed by atoms with Crippen molar-refractivity contribution in [3.8, 4) is 0 Å². The maximum absolute atomic E-state index is 13.6. The van der Waals surface area contributed by atoms with Crippen molar-refractivity contribution in [3.05, 3.63) is 29.3 Å². The average Bonchev–Trinajstić information content (AvgIpc) is 2.58. The first kappa shape index (κ1) is 10.4. The topological polar surface area (TPSA) is 29.3 Å². The number of hydrogen-bond donors (Lipinski definition) is 1. The summed E-state index contributed by atoms with van der Waals surface area (Å²) in [5.74, 6) is -0.741. The van der Waals surface area contributed by atoms with Crippen LogP contribution >= 0.6 is 0 Å². The third-order valence-corrected chi connectivity index (χ3v) is 2.79. The number of halogens is 2. The lowest BCUT2D eigenvalue weighted by molar-refractivity contribution is 0.589. The van der Waals surface area contributed by atoms with Gasteiger partial charge in [0.15, 0.2) is 0 Å². The van der Waals surface area contributed by atoms with Crippen molar-refractivity contribution in [2.24, 2.45) is 5.73 Å². The molecule has 1 atom stereocenters. The fourth-order valence-corrected chi connectivity index (χ4v) is 1.88. The van der Waals surface area contributed by atoms with E-state index < -0.39 is 0 Å². The summed E-state index contributed by atoms with van der Waals surface area (Å²) >= 11 is 0. The molecule has 4 heteroatoms. The van der Waals surface area contributed by atoms with Crippen molar-refractivity contribution in [3.63, 3.8) is 0 Å². The standard InChI is InChI=1S/C11H14F2N2/c1-7-4-10(13)11(5-9(7)12)15-3-2-8(14)6-15/h4-5,8H,2-3,6,14H2,1H3. The zero-order valence-electron chi connectivity index (χ0n) is 8.63. The van der Waals surface area contributed by atoms with Crippen molar-refractivity contribution in [1.29, 1.82) is 0 Å². The lowest BCUT2D eigenvalue weighted by Gasteiger charge is -2.19. The van der Waals surface area contributed by atoms with Gasteiger partial charge in [-0.1, -0.05) is 0 Å². The molecule has 1 unspecified atom stereocenters. The maximum Gasteiger partial charge on any atom is 0.146 e. The molecule has 0 aromatic heterocycles. The minimum atomic E-state index is -0.372. The van der Waals surface area contributed by atoms with E-state index >= 15 is 0 Å². The van der Waals surface area contributed by atoms with Gasteiger partial charge in [-0.05, 0) is 25.0 Å². The molecular weight excluding hydrogens is 198 g/mol. The first-order valence-corrected chi connectivity index (χ1v) is 5.04. The smallest absolute Gasteiger partial charge is 0.146 e. The first-order chi connectivity index (χ1) is 7.08. The summed E-state index contributed by atoms with van der Waals surface area (Å²) in [7, 11) is 0. The van der Waals surface area contributed by atoms with Gasteiger partial charge in [-0.25, -0.2) is 8.78 Å². The normalized spacial score (nSPS) is 21.1. The van der Waals surface area contributed by atoms with Gasteiger partial charge in [-0.2, -0.15) is 0 Å². The van der Waals surface area contributed by atoms with Gasteiger partial charge in [0, 0.05) is 25.2 Å². The molecule has 0 bridgehead atoms. The fourth-order valence-electron chi connectivity index (χ4n) is 1.88. The van der Waals surface area contributed by atoms with Crippen molar-refractivity contribution in [1.82, 2.24) is 0 Å². The Labute approximate surface area is 87.7 Å². The summed E-state index contributed by atoms with van der Waals surface area (Å²) in [6.07, 6.45) is 0.828. The van der Waals surface area contributed by atoms with Crippen molar-refractivity contribution in [2.75, 3.05) is 18.0 Å². The largest absolute Gasteiger partial charge is 0.367 e. The van der Waals surface area contributed by atoms with E-state index in [0.29, 0.717) is 24.3 Å². The Morgan fingerprint density at radius 1 is 1.33 bits per heavy atom. The third-order valence-electron chi connectivity index (χ3n) is 2.79. The Morgan fingerprint density at radius 3 is 2.67 bits per heavy atom. The van der Waals surface area contributed by atoms with Gasteiger partial charge in [0.2, 0.25) is 0 Å². The number of anilines is 1. The molecule has 0 radical (unpaired) electrons. The van der Waals surface area contributed by atoms with Crippen LogP contribution in [0.25, 0.3) is 0 Å². The molecule has 0 saturated carbocycles. The second kappa shape index (κ2) is 3.77. The Kier molecular flexibility index (Phi) is 2.61. The maximum atomic E-state index is 13.6. The molecule has 1 aromatic rings. The highest BCUT2D eigenvalue weighted by Crippen LogP contribution is 2.25. The molecule has 82 valence electrons. The van der Waals surface area contributed by atoms with Crippen LogP contribution in [0.2, 0.25) is 0 Å². The van der Waals surface area contributed by atoms with Crippen LogP contribution < -0.4 is 10.6 Å². The second-order valence-electron chi connectivity index (χ2n) is 4.05. The van der Waals surface area contributed by atoms with Crippen LogP contribution in [0.15, 0.2) is 12.1 Å². The Morgan fingerprint density at radius 2 is 2.07 bits per heavy atom. The minimum absolute atomic E-state index is 0.0637. The third kappa shape index (κ3) is 1.95. The molecule has 1 heterocycles. The molecule has 1 saturated heterocycles. The molecule has 15 heavy (non-hydrogen) atoms. The zero-order chi connectivity index (χ0) is 11.0. The summed E-state index contributed by atoms with van der Waals surface area (Å²) in [4.78, 5) is 1.79. The summed E-state index contributed by atoms with van der Waals surface area (Å²) in [6, 6.07) is 2.55. The molecule has 0 aliphatic carbocycles. The molecular formula is C11H14F2N2. The Hall–Kier alpha value is -1.16. The van der Waals surface area contributed by atoms with Crippen LogP contribution in [0.1, 0.15) is 12.0 Å². The minimum Gasteiger partial charge on any atom is -0.367 e. The van der Waals surface area contributed by atoms with Gasteiger partial charge < -0.3 is 10.6 Å². The van der Waals surface area contributed by atoms with E-state index in [1.807, 2.05) is 0 Å². The quantitative estimate of drug-likeness (QED) is 0.769. The lowest BCUT2D eigenvalue weighted by atomic mass is 10.2. The number of benzene rings is 1. The molecule has 2 N–H and O–H groups in total. The van der Waals surface area contributed by atoms with Gasteiger partial charge in [0.1, 0.15) is 11.6 Å². The summed E-state index contributed by atoms with van der Waals surface area (Å²) in [6.45, 7) is 2.85. The number of nitrogens with zero attached hydrogens (tertiary/aromatic N) is 1. The summed E-state index contributed by atoms with van der Waals surface area (Å²) in [5.41, 5.74) is 6.38. The first-order valence-electron chi connectivity index (χ1n) is 5.04. The molecule has 2 rings (SSSR count). The average molecular weight is 212 g/mol. The fraction of sp³-hybridized carbons (Fsp3) is 0.455. The molecule has 0 spiro atoms. The highest BCUT2D eigenvalue weighted by atomic mass is 19.1. The second-order valence-corrected chi connectivity index (χ2v) is 4.05. The SMILES string of the molecule is Cc1cc(F)c(N2CCC(N)C2)cc1F. The van der Waals surface area contributed by atoms with Crippen LogP contribution in [-0.4, -0.2) is 19.1 Å². The predicted octanol–water partition coefficient (Wildman–Crippen LogP) is 1.81.